The third-order valence-corrected chi connectivity index (χ3v) is 5.52. The van der Waals surface area contributed by atoms with E-state index in [4.69, 9.17) is 9.15 Å². The highest BCUT2D eigenvalue weighted by molar-refractivity contribution is 6.45. The highest BCUT2D eigenvalue weighted by Crippen LogP contribution is 2.37. The van der Waals surface area contributed by atoms with E-state index in [-0.39, 0.29) is 0 Å². The molecule has 1 aromatic carbocycles. The number of furan rings is 1. The van der Waals surface area contributed by atoms with E-state index in [1.54, 1.807) is 24.3 Å². The number of aromatic amines is 1. The number of methoxy groups -OCH3 is 1. The maximum Gasteiger partial charge on any atom is 0.295 e. The van der Waals surface area contributed by atoms with Gasteiger partial charge in [0.1, 0.15) is 17.3 Å². The van der Waals surface area contributed by atoms with E-state index in [0.29, 0.717) is 47.6 Å². The van der Waals surface area contributed by atoms with Crippen LogP contribution in [0.3, 0.4) is 0 Å². The fourth-order valence-corrected chi connectivity index (χ4v) is 3.83. The first-order chi connectivity index (χ1) is 14.5. The second-order valence-corrected chi connectivity index (χ2v) is 7.49. The number of carbonyl (C=O) groups is 2. The van der Waals surface area contributed by atoms with Crippen molar-refractivity contribution in [1.82, 2.24) is 20.1 Å². The number of aromatic nitrogens is 1. The first kappa shape index (κ1) is 20.2. The van der Waals surface area contributed by atoms with Crippen molar-refractivity contribution in [3.8, 4) is 17.1 Å². The first-order valence-electron chi connectivity index (χ1n) is 9.97. The van der Waals surface area contributed by atoms with Crippen LogP contribution in [0, 0.1) is 0 Å². The summed E-state index contributed by atoms with van der Waals surface area (Å²) in [5, 5.41) is 3.65. The average Bonchev–Trinajstić information content (AvgIpc) is 3.40. The van der Waals surface area contributed by atoms with Gasteiger partial charge in [0.15, 0.2) is 0 Å². The Labute approximate surface area is 174 Å². The summed E-state index contributed by atoms with van der Waals surface area (Å²) in [6.45, 7) is 3.23. The lowest BCUT2D eigenvalue weighted by Gasteiger charge is -2.31. The summed E-state index contributed by atoms with van der Waals surface area (Å²) in [5.41, 5.74) is 1.82. The van der Waals surface area contributed by atoms with Gasteiger partial charge in [-0.1, -0.05) is 0 Å². The van der Waals surface area contributed by atoms with E-state index in [9.17, 15) is 9.59 Å². The molecule has 158 valence electrons. The third kappa shape index (κ3) is 3.59. The Morgan fingerprint density at radius 3 is 2.63 bits per heavy atom. The van der Waals surface area contributed by atoms with Crippen LogP contribution in [0.5, 0.6) is 5.75 Å². The summed E-state index contributed by atoms with van der Waals surface area (Å²) < 4.78 is 11.4. The van der Waals surface area contributed by atoms with Crippen molar-refractivity contribution in [2.75, 3.05) is 47.4 Å². The summed E-state index contributed by atoms with van der Waals surface area (Å²) in [6, 6.07) is 7.48. The number of fused-ring (bicyclic) bond motifs is 1. The van der Waals surface area contributed by atoms with Crippen LogP contribution in [0.15, 0.2) is 34.9 Å². The Morgan fingerprint density at radius 1 is 1.17 bits per heavy atom. The largest absolute Gasteiger partial charge is 0.496 e. The lowest BCUT2D eigenvalue weighted by Crippen LogP contribution is -2.49. The molecule has 0 atom stereocenters. The van der Waals surface area contributed by atoms with Gasteiger partial charge in [-0.25, -0.2) is 0 Å². The molecule has 8 heteroatoms. The lowest BCUT2D eigenvalue weighted by molar-refractivity contribution is -0.127. The second-order valence-electron chi connectivity index (χ2n) is 7.49. The summed E-state index contributed by atoms with van der Waals surface area (Å²) in [6.07, 6.45) is 1.59. The molecule has 1 amide bonds. The zero-order valence-electron chi connectivity index (χ0n) is 17.4. The molecule has 3 heterocycles. The Morgan fingerprint density at radius 2 is 1.93 bits per heavy atom. The molecule has 1 fully saturated rings. The van der Waals surface area contributed by atoms with Crippen molar-refractivity contribution in [1.29, 1.82) is 0 Å². The van der Waals surface area contributed by atoms with Gasteiger partial charge in [-0.15, -0.1) is 0 Å². The van der Waals surface area contributed by atoms with E-state index in [1.165, 1.54) is 0 Å². The molecule has 0 bridgehead atoms. The Bertz CT molecular complexity index is 1080. The molecule has 0 saturated carbocycles. The lowest BCUT2D eigenvalue weighted by atomic mass is 10.0. The molecule has 2 aromatic heterocycles. The van der Waals surface area contributed by atoms with Crippen LogP contribution in [0.25, 0.3) is 22.2 Å². The zero-order valence-corrected chi connectivity index (χ0v) is 17.4. The van der Waals surface area contributed by atoms with Crippen LogP contribution in [0.4, 0.5) is 0 Å². The minimum atomic E-state index is -0.531. The van der Waals surface area contributed by atoms with Gasteiger partial charge in [-0.3, -0.25) is 9.59 Å². The monoisotopic (exact) mass is 410 g/mol. The van der Waals surface area contributed by atoms with Gasteiger partial charge in [-0.05, 0) is 38.4 Å². The van der Waals surface area contributed by atoms with Crippen LogP contribution in [-0.4, -0.2) is 73.9 Å². The van der Waals surface area contributed by atoms with Crippen molar-refractivity contribution in [3.63, 3.8) is 0 Å². The number of nitrogens with zero attached hydrogens (tertiary/aromatic N) is 2. The number of rotatable bonds is 6. The molecule has 30 heavy (non-hydrogen) atoms. The number of nitrogens with one attached hydrogen (secondary N) is 2. The summed E-state index contributed by atoms with van der Waals surface area (Å²) in [5.74, 6) is 1.01. The van der Waals surface area contributed by atoms with Gasteiger partial charge in [0.2, 0.25) is 0 Å². The number of H-pyrrole nitrogens is 1. The molecule has 4 rings (SSSR count). The maximum atomic E-state index is 13.1. The van der Waals surface area contributed by atoms with Crippen molar-refractivity contribution in [2.24, 2.45) is 0 Å². The van der Waals surface area contributed by atoms with Crippen LogP contribution in [-0.2, 0) is 11.3 Å². The SMILES string of the molecule is CNCc1ccc(-c2ccc(OC)c3c(C(=O)C(=O)N4CCN(C)CC4)c[nH]c23)o1. The molecule has 1 aliphatic heterocycles. The van der Waals surface area contributed by atoms with Crippen LogP contribution in [0.2, 0.25) is 0 Å². The molecule has 1 saturated heterocycles. The normalized spacial score (nSPS) is 15.0. The van der Waals surface area contributed by atoms with Gasteiger partial charge in [0.25, 0.3) is 11.7 Å². The number of hydrogen-bond donors (Lipinski definition) is 2. The Hall–Kier alpha value is -3.10. The van der Waals surface area contributed by atoms with Gasteiger partial charge in [0.05, 0.1) is 30.1 Å². The fourth-order valence-electron chi connectivity index (χ4n) is 3.83. The molecule has 0 aliphatic carbocycles. The third-order valence-electron chi connectivity index (χ3n) is 5.52. The number of ketones is 1. The maximum absolute atomic E-state index is 13.1. The van der Waals surface area contributed by atoms with E-state index in [0.717, 1.165) is 24.4 Å². The molecule has 0 radical (unpaired) electrons. The summed E-state index contributed by atoms with van der Waals surface area (Å²) >= 11 is 0. The number of benzene rings is 1. The van der Waals surface area contributed by atoms with Gasteiger partial charge >= 0.3 is 0 Å². The first-order valence-corrected chi connectivity index (χ1v) is 9.97. The minimum Gasteiger partial charge on any atom is -0.496 e. The summed E-state index contributed by atoms with van der Waals surface area (Å²) in [7, 11) is 5.41. The quantitative estimate of drug-likeness (QED) is 0.478. The standard InChI is InChI=1S/C22H26N4O4/c1-23-12-14-4-6-17(30-14)15-5-7-18(29-3)19-16(13-24-20(15)19)21(27)22(28)26-10-8-25(2)9-11-26/h4-7,13,23-24H,8-12H2,1-3H3. The molecule has 8 nitrogen and oxygen atoms in total. The van der Waals surface area contributed by atoms with Crippen molar-refractivity contribution >= 4 is 22.6 Å². The number of carbonyl (C=O) groups excluding carboxylic acids is 2. The van der Waals surface area contributed by atoms with Gasteiger partial charge < -0.3 is 29.3 Å². The number of ether oxygens (including phenoxy) is 1. The van der Waals surface area contributed by atoms with Crippen molar-refractivity contribution in [2.45, 2.75) is 6.54 Å². The van der Waals surface area contributed by atoms with E-state index >= 15 is 0 Å². The second kappa shape index (κ2) is 8.33. The van der Waals surface area contributed by atoms with Crippen LogP contribution >= 0.6 is 0 Å². The number of hydrogen-bond acceptors (Lipinski definition) is 6. The van der Waals surface area contributed by atoms with Gasteiger partial charge in [-0.2, -0.15) is 0 Å². The molecule has 2 N–H and O–H groups in total. The van der Waals surface area contributed by atoms with Crippen LogP contribution < -0.4 is 10.1 Å². The topological polar surface area (TPSA) is 90.8 Å². The van der Waals surface area contributed by atoms with Crippen LogP contribution in [0.1, 0.15) is 16.1 Å². The highest BCUT2D eigenvalue weighted by atomic mass is 16.5. The number of piperazine rings is 1. The molecular formula is C22H26N4O4. The molecule has 1 aliphatic rings. The molecular weight excluding hydrogens is 384 g/mol. The molecule has 3 aromatic rings. The Kier molecular flexibility index (Phi) is 5.61. The van der Waals surface area contributed by atoms with E-state index < -0.39 is 11.7 Å². The molecule has 0 unspecified atom stereocenters. The molecule has 0 spiro atoms. The highest BCUT2D eigenvalue weighted by Gasteiger charge is 2.29. The number of likely N-dealkylation sites (N-methyl/N-ethyl adjacent to an activating group) is 1. The fraction of sp³-hybridized carbons (Fsp3) is 0.364. The number of Topliss-reactive ketones (excluding diaryl/α,β-unsaturated/α-hetero) is 1. The predicted octanol–water partition coefficient (Wildman–Crippen LogP) is 2.11. The smallest absolute Gasteiger partial charge is 0.295 e. The number of amides is 1. The predicted molar refractivity (Wildman–Crippen MR) is 114 cm³/mol. The average molecular weight is 410 g/mol. The van der Waals surface area contributed by atoms with E-state index in [2.05, 4.69) is 15.2 Å². The van der Waals surface area contributed by atoms with Crippen molar-refractivity contribution < 1.29 is 18.7 Å². The van der Waals surface area contributed by atoms with Gasteiger partial charge in [0, 0.05) is 37.9 Å². The van der Waals surface area contributed by atoms with Crippen molar-refractivity contribution in [3.05, 3.63) is 41.8 Å². The minimum absolute atomic E-state index is 0.314. The Balaban J connectivity index is 1.72. The zero-order chi connectivity index (χ0) is 21.3. The summed E-state index contributed by atoms with van der Waals surface area (Å²) in [4.78, 5) is 32.9. The van der Waals surface area contributed by atoms with E-state index in [1.807, 2.05) is 32.3 Å².